The minimum absolute atomic E-state index is 0.350. The molecule has 0 amide bonds. The van der Waals surface area contributed by atoms with Crippen molar-refractivity contribution in [3.05, 3.63) is 53.3 Å². The first kappa shape index (κ1) is 16.0. The first-order chi connectivity index (χ1) is 11.6. The largest absolute Gasteiger partial charge is 0.497 e. The predicted molar refractivity (Wildman–Crippen MR) is 92.2 cm³/mol. The van der Waals surface area contributed by atoms with Gasteiger partial charge in [-0.05, 0) is 36.4 Å². The fourth-order valence-electron chi connectivity index (χ4n) is 2.30. The van der Waals surface area contributed by atoms with Crippen molar-refractivity contribution in [1.82, 2.24) is 9.97 Å². The van der Waals surface area contributed by atoms with Gasteiger partial charge in [0, 0.05) is 16.1 Å². The lowest BCUT2D eigenvalue weighted by molar-refractivity contribution is 0.0601. The van der Waals surface area contributed by atoms with Gasteiger partial charge >= 0.3 is 5.97 Å². The number of anilines is 2. The van der Waals surface area contributed by atoms with Crippen LogP contribution in [-0.2, 0) is 4.74 Å². The molecule has 7 heteroatoms. The molecule has 0 spiro atoms. The number of fused-ring (bicyclic) bond motifs is 1. The number of nitrogens with one attached hydrogen (secondary N) is 1. The Hall–Kier alpha value is -2.86. The van der Waals surface area contributed by atoms with E-state index in [1.165, 1.54) is 13.4 Å². The van der Waals surface area contributed by atoms with Crippen LogP contribution < -0.4 is 10.1 Å². The molecule has 1 heterocycles. The Morgan fingerprint density at radius 3 is 2.71 bits per heavy atom. The van der Waals surface area contributed by atoms with Crippen molar-refractivity contribution in [2.45, 2.75) is 0 Å². The summed E-state index contributed by atoms with van der Waals surface area (Å²) in [5.41, 5.74) is 1.73. The van der Waals surface area contributed by atoms with Crippen molar-refractivity contribution in [2.24, 2.45) is 0 Å². The summed E-state index contributed by atoms with van der Waals surface area (Å²) in [6.07, 6.45) is 1.46. The number of carbonyl (C=O) groups excluding carboxylic acids is 1. The summed E-state index contributed by atoms with van der Waals surface area (Å²) in [5.74, 6) is 0.813. The van der Waals surface area contributed by atoms with E-state index in [4.69, 9.17) is 21.1 Å². The summed E-state index contributed by atoms with van der Waals surface area (Å²) in [6.45, 7) is 0. The highest BCUT2D eigenvalue weighted by Crippen LogP contribution is 2.28. The quantitative estimate of drug-likeness (QED) is 0.726. The van der Waals surface area contributed by atoms with Crippen molar-refractivity contribution in [3.8, 4) is 5.75 Å². The van der Waals surface area contributed by atoms with Gasteiger partial charge in [-0.25, -0.2) is 14.8 Å². The normalized spacial score (nSPS) is 10.5. The highest BCUT2D eigenvalue weighted by molar-refractivity contribution is 6.31. The molecule has 3 rings (SSSR count). The summed E-state index contributed by atoms with van der Waals surface area (Å²) in [4.78, 5) is 20.2. The first-order valence-electron chi connectivity index (χ1n) is 7.05. The molecule has 0 aliphatic rings. The van der Waals surface area contributed by atoms with Crippen molar-refractivity contribution in [2.75, 3.05) is 19.5 Å². The maximum absolute atomic E-state index is 11.7. The molecule has 0 aliphatic heterocycles. The Labute approximate surface area is 143 Å². The van der Waals surface area contributed by atoms with Gasteiger partial charge in [0.25, 0.3) is 0 Å². The molecule has 3 aromatic rings. The lowest BCUT2D eigenvalue weighted by Gasteiger charge is -2.11. The monoisotopic (exact) mass is 343 g/mol. The summed E-state index contributed by atoms with van der Waals surface area (Å²) in [5, 5.41) is 4.36. The Balaban J connectivity index is 2.04. The van der Waals surface area contributed by atoms with Gasteiger partial charge in [0.15, 0.2) is 0 Å². The van der Waals surface area contributed by atoms with Crippen molar-refractivity contribution >= 4 is 40.0 Å². The summed E-state index contributed by atoms with van der Waals surface area (Å²) in [7, 11) is 2.91. The van der Waals surface area contributed by atoms with E-state index in [0.29, 0.717) is 27.8 Å². The van der Waals surface area contributed by atoms with Gasteiger partial charge in [-0.1, -0.05) is 11.6 Å². The lowest BCUT2D eigenvalue weighted by Crippen LogP contribution is -2.03. The van der Waals surface area contributed by atoms with E-state index in [9.17, 15) is 4.79 Å². The number of hydrogen-bond donors (Lipinski definition) is 1. The summed E-state index contributed by atoms with van der Waals surface area (Å²) in [6, 6.07) is 10.4. The molecule has 0 unspecified atom stereocenters. The third-order valence-corrected chi connectivity index (χ3v) is 3.64. The predicted octanol–water partition coefficient (Wildman–Crippen LogP) is 3.82. The molecule has 1 aromatic heterocycles. The number of methoxy groups -OCH3 is 2. The van der Waals surface area contributed by atoms with Crippen LogP contribution in [-0.4, -0.2) is 30.2 Å². The van der Waals surface area contributed by atoms with E-state index in [0.717, 1.165) is 10.9 Å². The topological polar surface area (TPSA) is 73.3 Å². The average molecular weight is 344 g/mol. The smallest absolute Gasteiger partial charge is 0.337 e. The maximum atomic E-state index is 11.7. The fourth-order valence-corrected chi connectivity index (χ4v) is 2.53. The van der Waals surface area contributed by atoms with Crippen molar-refractivity contribution in [1.29, 1.82) is 0 Å². The Morgan fingerprint density at radius 1 is 1.12 bits per heavy atom. The van der Waals surface area contributed by atoms with Crippen molar-refractivity contribution < 1.29 is 14.3 Å². The molecule has 0 saturated heterocycles. The standard InChI is InChI=1S/C17H14ClN3O3/c1-23-13-3-4-15-14(8-13)16(20-9-19-15)21-12-6-10(17(22)24-2)5-11(18)7-12/h3-9H,1-2H3,(H,19,20,21). The van der Waals surface area contributed by atoms with E-state index in [2.05, 4.69) is 15.3 Å². The number of halogens is 1. The molecule has 0 atom stereocenters. The van der Waals surface area contributed by atoms with Crippen LogP contribution >= 0.6 is 11.6 Å². The van der Waals surface area contributed by atoms with Crippen LogP contribution in [0.15, 0.2) is 42.7 Å². The zero-order valence-electron chi connectivity index (χ0n) is 13.0. The molecule has 0 saturated carbocycles. The van der Waals surface area contributed by atoms with E-state index in [-0.39, 0.29) is 0 Å². The number of benzene rings is 2. The van der Waals surface area contributed by atoms with Gasteiger partial charge in [0.2, 0.25) is 0 Å². The molecule has 24 heavy (non-hydrogen) atoms. The minimum atomic E-state index is -0.463. The number of hydrogen-bond acceptors (Lipinski definition) is 6. The second kappa shape index (κ2) is 6.72. The van der Waals surface area contributed by atoms with Crippen LogP contribution in [0.5, 0.6) is 5.75 Å². The third-order valence-electron chi connectivity index (χ3n) is 3.42. The van der Waals surface area contributed by atoms with Gasteiger partial charge in [0.1, 0.15) is 17.9 Å². The molecule has 122 valence electrons. The Morgan fingerprint density at radius 2 is 1.96 bits per heavy atom. The average Bonchev–Trinajstić information content (AvgIpc) is 2.60. The van der Waals surface area contributed by atoms with Gasteiger partial charge in [-0.3, -0.25) is 0 Å². The van der Waals surface area contributed by atoms with Crippen LogP contribution in [0.4, 0.5) is 11.5 Å². The van der Waals surface area contributed by atoms with E-state index < -0.39 is 5.97 Å². The van der Waals surface area contributed by atoms with Gasteiger partial charge < -0.3 is 14.8 Å². The highest BCUT2D eigenvalue weighted by atomic mass is 35.5. The highest BCUT2D eigenvalue weighted by Gasteiger charge is 2.10. The molecule has 1 N–H and O–H groups in total. The number of nitrogens with zero attached hydrogens (tertiary/aromatic N) is 2. The van der Waals surface area contributed by atoms with Crippen LogP contribution in [0.2, 0.25) is 5.02 Å². The summed E-state index contributed by atoms with van der Waals surface area (Å²) < 4.78 is 9.98. The van der Waals surface area contributed by atoms with Crippen LogP contribution in [0.1, 0.15) is 10.4 Å². The van der Waals surface area contributed by atoms with Crippen LogP contribution in [0.25, 0.3) is 10.9 Å². The van der Waals surface area contributed by atoms with E-state index >= 15 is 0 Å². The molecular formula is C17H14ClN3O3. The lowest BCUT2D eigenvalue weighted by atomic mass is 10.2. The van der Waals surface area contributed by atoms with Gasteiger partial charge in [-0.2, -0.15) is 0 Å². The van der Waals surface area contributed by atoms with Gasteiger partial charge in [0.05, 0.1) is 25.3 Å². The minimum Gasteiger partial charge on any atom is -0.497 e. The van der Waals surface area contributed by atoms with Gasteiger partial charge in [-0.15, -0.1) is 0 Å². The molecule has 0 radical (unpaired) electrons. The number of aromatic nitrogens is 2. The Bertz CT molecular complexity index is 915. The molecule has 2 aromatic carbocycles. The maximum Gasteiger partial charge on any atom is 0.337 e. The molecule has 0 fully saturated rings. The second-order valence-electron chi connectivity index (χ2n) is 4.95. The van der Waals surface area contributed by atoms with Crippen LogP contribution in [0, 0.1) is 0 Å². The number of rotatable bonds is 4. The SMILES string of the molecule is COC(=O)c1cc(Cl)cc(Nc2ncnc3ccc(OC)cc23)c1. The molecular weight excluding hydrogens is 330 g/mol. The molecule has 0 aliphatic carbocycles. The zero-order chi connectivity index (χ0) is 17.1. The van der Waals surface area contributed by atoms with Crippen molar-refractivity contribution in [3.63, 3.8) is 0 Å². The number of ether oxygens (including phenoxy) is 2. The summed E-state index contributed by atoms with van der Waals surface area (Å²) >= 11 is 6.08. The number of esters is 1. The third kappa shape index (κ3) is 3.23. The van der Waals surface area contributed by atoms with E-state index in [1.54, 1.807) is 25.3 Å². The molecule has 0 bridgehead atoms. The Kier molecular flexibility index (Phi) is 4.48. The zero-order valence-corrected chi connectivity index (χ0v) is 13.8. The first-order valence-corrected chi connectivity index (χ1v) is 7.43. The van der Waals surface area contributed by atoms with E-state index in [1.807, 2.05) is 18.2 Å². The second-order valence-corrected chi connectivity index (χ2v) is 5.39. The molecule has 6 nitrogen and oxygen atoms in total. The van der Waals surface area contributed by atoms with Crippen LogP contribution in [0.3, 0.4) is 0 Å². The fraction of sp³-hybridized carbons (Fsp3) is 0.118. The number of carbonyl (C=O) groups is 1.